The van der Waals surface area contributed by atoms with Crippen molar-refractivity contribution >= 4 is 29.0 Å². The third-order valence-corrected chi connectivity index (χ3v) is 6.19. The van der Waals surface area contributed by atoms with Gasteiger partial charge in [-0.1, -0.05) is 0 Å². The zero-order chi connectivity index (χ0) is 13.9. The second kappa shape index (κ2) is 6.45. The van der Waals surface area contributed by atoms with Gasteiger partial charge in [-0.15, -0.1) is 23.1 Å². The Bertz CT molecular complexity index is 452. The number of aliphatic hydroxyl groups excluding tert-OH is 1. The molecule has 1 aromatic rings. The number of thiazole rings is 1. The number of carbonyl (C=O) groups is 1. The Hall–Kier alpha value is -0.590. The van der Waals surface area contributed by atoms with Crippen LogP contribution in [0, 0.1) is 17.8 Å². The van der Waals surface area contributed by atoms with Gasteiger partial charge in [0.1, 0.15) is 0 Å². The summed E-state index contributed by atoms with van der Waals surface area (Å²) in [4.78, 5) is 16.2. The Balaban J connectivity index is 1.44. The minimum atomic E-state index is 0.0984. The monoisotopic (exact) mass is 312 g/mol. The Morgan fingerprint density at radius 3 is 3.10 bits per heavy atom. The maximum absolute atomic E-state index is 12.0. The van der Waals surface area contributed by atoms with E-state index in [1.54, 1.807) is 23.1 Å². The highest BCUT2D eigenvalue weighted by atomic mass is 32.2. The molecule has 2 aliphatic carbocycles. The molecule has 1 heterocycles. The number of nitrogens with one attached hydrogen (secondary N) is 1. The summed E-state index contributed by atoms with van der Waals surface area (Å²) in [6, 6.07) is 0.200. The van der Waals surface area contributed by atoms with Crippen molar-refractivity contribution in [1.82, 2.24) is 10.3 Å². The normalized spacial score (nSPS) is 31.6. The second-order valence-corrected chi connectivity index (χ2v) is 7.45. The van der Waals surface area contributed by atoms with E-state index in [2.05, 4.69) is 10.3 Å². The first-order valence-electron chi connectivity index (χ1n) is 7.13. The molecule has 2 N–H and O–H groups in total. The molecular formula is C14H20N2O2S2. The van der Waals surface area contributed by atoms with Gasteiger partial charge in [0.05, 0.1) is 17.0 Å². The lowest BCUT2D eigenvalue weighted by molar-refractivity contribution is -0.120. The topological polar surface area (TPSA) is 62.2 Å². The number of rotatable bonds is 6. The standard InChI is InChI=1S/C14H20N2O2S2/c17-4-12-9-1-2-10(3-9)14(12)16-13(18)7-19-5-11-6-20-8-15-11/h6,8-10,12,14,17H,1-5,7H2,(H,16,18). The number of aliphatic hydroxyl groups is 1. The Labute approximate surface area is 127 Å². The summed E-state index contributed by atoms with van der Waals surface area (Å²) in [5.41, 5.74) is 2.86. The van der Waals surface area contributed by atoms with Crippen molar-refractivity contribution in [2.24, 2.45) is 17.8 Å². The number of amides is 1. The summed E-state index contributed by atoms with van der Waals surface area (Å²) in [5, 5.41) is 14.7. The highest BCUT2D eigenvalue weighted by Gasteiger charge is 2.47. The van der Waals surface area contributed by atoms with E-state index in [9.17, 15) is 9.90 Å². The van der Waals surface area contributed by atoms with Crippen molar-refractivity contribution < 1.29 is 9.90 Å². The lowest BCUT2D eigenvalue weighted by Gasteiger charge is -2.30. The zero-order valence-corrected chi connectivity index (χ0v) is 13.0. The van der Waals surface area contributed by atoms with Crippen molar-refractivity contribution in [1.29, 1.82) is 0 Å². The summed E-state index contributed by atoms with van der Waals surface area (Å²) < 4.78 is 0. The van der Waals surface area contributed by atoms with Crippen molar-refractivity contribution in [2.45, 2.75) is 31.1 Å². The molecule has 4 nitrogen and oxygen atoms in total. The molecule has 3 rings (SSSR count). The molecule has 0 radical (unpaired) electrons. The van der Waals surface area contributed by atoms with Crippen molar-refractivity contribution in [2.75, 3.05) is 12.4 Å². The van der Waals surface area contributed by atoms with Crippen LogP contribution in [0.1, 0.15) is 25.0 Å². The number of nitrogens with zero attached hydrogens (tertiary/aromatic N) is 1. The third kappa shape index (κ3) is 3.02. The predicted molar refractivity (Wildman–Crippen MR) is 81.6 cm³/mol. The maximum Gasteiger partial charge on any atom is 0.230 e. The van der Waals surface area contributed by atoms with Gasteiger partial charge in [0.15, 0.2) is 0 Å². The molecule has 6 heteroatoms. The molecule has 0 aromatic carbocycles. The van der Waals surface area contributed by atoms with Crippen LogP contribution < -0.4 is 5.32 Å². The van der Waals surface area contributed by atoms with Crippen LogP contribution in [-0.4, -0.2) is 34.4 Å². The first-order chi connectivity index (χ1) is 9.78. The van der Waals surface area contributed by atoms with Gasteiger partial charge in [-0.2, -0.15) is 0 Å². The van der Waals surface area contributed by atoms with Crippen LogP contribution in [0.15, 0.2) is 10.9 Å². The van der Waals surface area contributed by atoms with Gasteiger partial charge < -0.3 is 10.4 Å². The summed E-state index contributed by atoms with van der Waals surface area (Å²) >= 11 is 3.18. The molecule has 1 aromatic heterocycles. The van der Waals surface area contributed by atoms with Crippen molar-refractivity contribution in [3.8, 4) is 0 Å². The van der Waals surface area contributed by atoms with E-state index in [4.69, 9.17) is 0 Å². The van der Waals surface area contributed by atoms with E-state index in [1.807, 2.05) is 10.9 Å². The highest BCUT2D eigenvalue weighted by molar-refractivity contribution is 7.99. The molecule has 2 bridgehead atoms. The smallest absolute Gasteiger partial charge is 0.230 e. The Morgan fingerprint density at radius 2 is 2.35 bits per heavy atom. The van der Waals surface area contributed by atoms with Gasteiger partial charge in [0, 0.05) is 29.7 Å². The quantitative estimate of drug-likeness (QED) is 0.842. The SMILES string of the molecule is O=C(CSCc1cscn1)NC1C2CCC(C2)C1CO. The molecule has 2 aliphatic rings. The molecule has 4 unspecified atom stereocenters. The van der Waals surface area contributed by atoms with Gasteiger partial charge in [-0.3, -0.25) is 4.79 Å². The number of thioether (sulfide) groups is 1. The van der Waals surface area contributed by atoms with E-state index < -0.39 is 0 Å². The van der Waals surface area contributed by atoms with E-state index in [-0.39, 0.29) is 24.5 Å². The molecule has 4 atom stereocenters. The van der Waals surface area contributed by atoms with Gasteiger partial charge in [0.2, 0.25) is 5.91 Å². The fraction of sp³-hybridized carbons (Fsp3) is 0.714. The van der Waals surface area contributed by atoms with Crippen LogP contribution in [0.3, 0.4) is 0 Å². The van der Waals surface area contributed by atoms with Crippen molar-refractivity contribution in [3.63, 3.8) is 0 Å². The minimum absolute atomic E-state index is 0.0984. The first kappa shape index (κ1) is 14.4. The number of hydrogen-bond acceptors (Lipinski definition) is 5. The number of aromatic nitrogens is 1. The van der Waals surface area contributed by atoms with Gasteiger partial charge in [0.25, 0.3) is 0 Å². The van der Waals surface area contributed by atoms with Crippen LogP contribution in [-0.2, 0) is 10.5 Å². The molecule has 20 heavy (non-hydrogen) atoms. The summed E-state index contributed by atoms with van der Waals surface area (Å²) in [7, 11) is 0. The van der Waals surface area contributed by atoms with E-state index in [0.29, 0.717) is 17.6 Å². The Morgan fingerprint density at radius 1 is 1.50 bits per heavy atom. The second-order valence-electron chi connectivity index (χ2n) is 5.75. The van der Waals surface area contributed by atoms with Crippen LogP contribution in [0.5, 0.6) is 0 Å². The third-order valence-electron chi connectivity index (χ3n) is 4.59. The fourth-order valence-corrected chi connectivity index (χ4v) is 5.08. The van der Waals surface area contributed by atoms with Crippen LogP contribution in [0.4, 0.5) is 0 Å². The zero-order valence-electron chi connectivity index (χ0n) is 11.3. The molecule has 110 valence electrons. The van der Waals surface area contributed by atoms with Crippen LogP contribution in [0.25, 0.3) is 0 Å². The van der Waals surface area contributed by atoms with Crippen LogP contribution in [0.2, 0.25) is 0 Å². The summed E-state index contributed by atoms with van der Waals surface area (Å²) in [5.74, 6) is 2.85. The van der Waals surface area contributed by atoms with Gasteiger partial charge in [-0.25, -0.2) is 4.98 Å². The van der Waals surface area contributed by atoms with Gasteiger partial charge >= 0.3 is 0 Å². The molecule has 0 aliphatic heterocycles. The highest BCUT2D eigenvalue weighted by Crippen LogP contribution is 2.48. The number of hydrogen-bond donors (Lipinski definition) is 2. The molecule has 0 saturated heterocycles. The van der Waals surface area contributed by atoms with E-state index in [0.717, 1.165) is 11.4 Å². The van der Waals surface area contributed by atoms with E-state index in [1.165, 1.54) is 19.3 Å². The molecule has 0 spiro atoms. The van der Waals surface area contributed by atoms with E-state index >= 15 is 0 Å². The fourth-order valence-electron chi connectivity index (χ4n) is 3.68. The predicted octanol–water partition coefficient (Wildman–Crippen LogP) is 1.90. The lowest BCUT2D eigenvalue weighted by atomic mass is 9.85. The number of fused-ring (bicyclic) bond motifs is 2. The molecule has 2 saturated carbocycles. The first-order valence-corrected chi connectivity index (χ1v) is 9.22. The molecule has 2 fully saturated rings. The van der Waals surface area contributed by atoms with Gasteiger partial charge in [-0.05, 0) is 31.1 Å². The number of carbonyl (C=O) groups excluding carboxylic acids is 1. The average molecular weight is 312 g/mol. The van der Waals surface area contributed by atoms with Crippen LogP contribution >= 0.6 is 23.1 Å². The lowest BCUT2D eigenvalue weighted by Crippen LogP contribution is -2.45. The molecular weight excluding hydrogens is 292 g/mol. The summed E-state index contributed by atoms with van der Waals surface area (Å²) in [6.45, 7) is 0.206. The van der Waals surface area contributed by atoms with Crippen molar-refractivity contribution in [3.05, 3.63) is 16.6 Å². The largest absolute Gasteiger partial charge is 0.396 e. The maximum atomic E-state index is 12.0. The average Bonchev–Trinajstić information content (AvgIpc) is 3.15. The molecule has 1 amide bonds. The Kier molecular flexibility index (Phi) is 4.63. The minimum Gasteiger partial charge on any atom is -0.396 e. The summed E-state index contributed by atoms with van der Waals surface area (Å²) in [6.07, 6.45) is 3.61.